The van der Waals surface area contributed by atoms with Crippen LogP contribution >= 0.6 is 0 Å². The zero-order valence-electron chi connectivity index (χ0n) is 27.6. The van der Waals surface area contributed by atoms with E-state index in [-0.39, 0.29) is 25.8 Å². The molecular weight excluding hydrogens is 715 g/mol. The quantitative estimate of drug-likeness (QED) is 0.126. The first kappa shape index (κ1) is 37.5. The smallest absolute Gasteiger partial charge is 0.683 e. The zero-order chi connectivity index (χ0) is 31.9. The van der Waals surface area contributed by atoms with Crippen molar-refractivity contribution in [3.8, 4) is 5.75 Å². The molecule has 1 N–H and O–H groups in total. The molecule has 5 aromatic carbocycles. The monoisotopic (exact) mass is 763 g/mol. The van der Waals surface area contributed by atoms with Gasteiger partial charge in [-0.2, -0.15) is 49.2 Å². The molecule has 0 atom stereocenters. The van der Waals surface area contributed by atoms with Gasteiger partial charge in [0, 0.05) is 18.7 Å². The van der Waals surface area contributed by atoms with Gasteiger partial charge in [-0.3, -0.25) is 4.90 Å². The number of hydrogen-bond donors (Lipinski definition) is 1. The number of aryl methyl sites for hydroxylation is 5. The van der Waals surface area contributed by atoms with Crippen LogP contribution in [0.4, 0.5) is 5.69 Å². The second-order valence-electron chi connectivity index (χ2n) is 11.4. The molecule has 0 spiro atoms. The van der Waals surface area contributed by atoms with Crippen molar-refractivity contribution < 1.29 is 30.9 Å². The first-order valence-corrected chi connectivity index (χ1v) is 15.2. The average Bonchev–Trinajstić information content (AvgIpc) is 2.99. The van der Waals surface area contributed by atoms with Gasteiger partial charge in [0.2, 0.25) is 0 Å². The standard InChI is InChI=1S/C27H33N2O.2C7H7.Hf/c1-19-13-21(3)26(22(4)14-19)28-11-12-29(17-24-9-7-6-8-10-24)18-25-16-20(2)15-23(5)27(25)30;2*1-7-5-3-2-4-6-7;/h6-10,13-16,30H,11-12,17-18H2,1-5H3;2*2-6H,1H2;/q3*-1;+4. The third kappa shape index (κ3) is 13.4. The molecule has 5 aromatic rings. The van der Waals surface area contributed by atoms with Crippen molar-refractivity contribution in [3.63, 3.8) is 0 Å². The van der Waals surface area contributed by atoms with Crippen molar-refractivity contribution in [2.24, 2.45) is 0 Å². The van der Waals surface area contributed by atoms with Crippen LogP contribution in [0.3, 0.4) is 0 Å². The van der Waals surface area contributed by atoms with Gasteiger partial charge in [0.1, 0.15) is 5.75 Å². The maximum atomic E-state index is 10.6. The summed E-state index contributed by atoms with van der Waals surface area (Å²) in [5, 5.41) is 15.5. The second-order valence-corrected chi connectivity index (χ2v) is 11.4. The van der Waals surface area contributed by atoms with E-state index in [1.807, 2.05) is 79.7 Å². The SMILES string of the molecule is Cc1cc(C)c([N-]CCN(Cc2ccccc2)Cc2cc(C)cc(C)c2O)c(C)c1.[CH2-]c1ccccc1.[CH2-]c1ccccc1.[Hf+4]. The Kier molecular flexibility index (Phi) is 16.3. The molecule has 3 nitrogen and oxygen atoms in total. The Labute approximate surface area is 291 Å². The fourth-order valence-electron chi connectivity index (χ4n) is 5.15. The predicted octanol–water partition coefficient (Wildman–Crippen LogP) is 10.4. The Morgan fingerprint density at radius 3 is 1.51 bits per heavy atom. The van der Waals surface area contributed by atoms with Crippen LogP contribution < -0.4 is 0 Å². The maximum Gasteiger partial charge on any atom is 4.00 e. The molecule has 45 heavy (non-hydrogen) atoms. The maximum absolute atomic E-state index is 10.6. The minimum absolute atomic E-state index is 0. The Morgan fingerprint density at radius 2 is 1.04 bits per heavy atom. The summed E-state index contributed by atoms with van der Waals surface area (Å²) >= 11 is 0. The number of phenolic OH excluding ortho intramolecular Hbond substituents is 1. The molecule has 0 saturated carbocycles. The molecule has 4 heteroatoms. The Bertz CT molecular complexity index is 1490. The van der Waals surface area contributed by atoms with E-state index < -0.39 is 0 Å². The number of phenols is 1. The summed E-state index contributed by atoms with van der Waals surface area (Å²) in [6, 6.07) is 38.8. The third-order valence-corrected chi connectivity index (χ3v) is 7.17. The van der Waals surface area contributed by atoms with Crippen LogP contribution in [-0.2, 0) is 38.9 Å². The van der Waals surface area contributed by atoms with E-state index in [4.69, 9.17) is 5.32 Å². The van der Waals surface area contributed by atoms with Crippen LogP contribution in [0.2, 0.25) is 0 Å². The van der Waals surface area contributed by atoms with Gasteiger partial charge in [-0.15, -0.1) is 36.5 Å². The Hall–Kier alpha value is -3.73. The van der Waals surface area contributed by atoms with Crippen LogP contribution in [0.15, 0.2) is 115 Å². The number of benzene rings is 5. The minimum atomic E-state index is 0. The normalized spacial score (nSPS) is 10.1. The topological polar surface area (TPSA) is 37.6 Å². The minimum Gasteiger partial charge on any atom is -0.683 e. The molecule has 0 radical (unpaired) electrons. The van der Waals surface area contributed by atoms with Crippen LogP contribution in [0.1, 0.15) is 50.1 Å². The van der Waals surface area contributed by atoms with Gasteiger partial charge in [0.15, 0.2) is 0 Å². The van der Waals surface area contributed by atoms with Gasteiger partial charge >= 0.3 is 25.8 Å². The van der Waals surface area contributed by atoms with Gasteiger partial charge in [0.25, 0.3) is 0 Å². The number of nitrogens with zero attached hydrogens (tertiary/aromatic N) is 2. The van der Waals surface area contributed by atoms with E-state index in [1.54, 1.807) is 0 Å². The Morgan fingerprint density at radius 1 is 0.600 bits per heavy atom. The second kappa shape index (κ2) is 19.6. The molecule has 0 aliphatic rings. The molecule has 0 aliphatic carbocycles. The summed E-state index contributed by atoms with van der Waals surface area (Å²) in [4.78, 5) is 2.37. The first-order valence-electron chi connectivity index (χ1n) is 15.2. The number of hydrogen-bond acceptors (Lipinski definition) is 2. The Balaban J connectivity index is 0.000000384. The van der Waals surface area contributed by atoms with E-state index in [1.165, 1.54) is 27.8 Å². The fraction of sp³-hybridized carbons (Fsp3) is 0.220. The third-order valence-electron chi connectivity index (χ3n) is 7.17. The van der Waals surface area contributed by atoms with Gasteiger partial charge in [-0.05, 0) is 52.3 Å². The van der Waals surface area contributed by atoms with Crippen molar-refractivity contribution >= 4 is 5.69 Å². The van der Waals surface area contributed by atoms with Crippen LogP contribution in [0, 0.1) is 48.5 Å². The van der Waals surface area contributed by atoms with Gasteiger partial charge in [-0.1, -0.05) is 89.0 Å². The van der Waals surface area contributed by atoms with Crippen molar-refractivity contribution in [2.45, 2.75) is 47.7 Å². The van der Waals surface area contributed by atoms with Gasteiger partial charge < -0.3 is 10.4 Å². The van der Waals surface area contributed by atoms with Crippen molar-refractivity contribution in [3.05, 3.63) is 184 Å². The largest absolute Gasteiger partial charge is 4.00 e. The summed E-state index contributed by atoms with van der Waals surface area (Å²) in [5.74, 6) is 0.404. The van der Waals surface area contributed by atoms with E-state index in [2.05, 4.69) is 88.9 Å². The summed E-state index contributed by atoms with van der Waals surface area (Å²) < 4.78 is 0. The molecule has 0 heterocycles. The first-order chi connectivity index (χ1) is 21.1. The molecule has 0 fully saturated rings. The summed E-state index contributed by atoms with van der Waals surface area (Å²) in [7, 11) is 0. The summed E-state index contributed by atoms with van der Waals surface area (Å²) in [6.45, 7) is 21.0. The molecule has 230 valence electrons. The zero-order valence-corrected chi connectivity index (χ0v) is 31.1. The molecule has 5 rings (SSSR count). The van der Waals surface area contributed by atoms with E-state index in [9.17, 15) is 5.11 Å². The fourth-order valence-corrected chi connectivity index (χ4v) is 5.15. The van der Waals surface area contributed by atoms with Crippen LogP contribution in [0.5, 0.6) is 5.75 Å². The van der Waals surface area contributed by atoms with Crippen LogP contribution in [0.25, 0.3) is 5.32 Å². The summed E-state index contributed by atoms with van der Waals surface area (Å²) in [5.41, 5.74) is 11.3. The predicted molar refractivity (Wildman–Crippen MR) is 188 cm³/mol. The van der Waals surface area contributed by atoms with E-state index in [0.29, 0.717) is 12.3 Å². The van der Waals surface area contributed by atoms with Crippen LogP contribution in [-0.4, -0.2) is 23.1 Å². The molecule has 0 unspecified atom stereocenters. The van der Waals surface area contributed by atoms with E-state index >= 15 is 0 Å². The van der Waals surface area contributed by atoms with Crippen molar-refractivity contribution in [2.75, 3.05) is 13.1 Å². The number of aromatic hydroxyl groups is 1. The number of rotatable bonds is 8. The van der Waals surface area contributed by atoms with Gasteiger partial charge in [-0.25, -0.2) is 0 Å². The molecule has 0 saturated heterocycles. The molecule has 0 aliphatic heterocycles. The molecule has 0 aromatic heterocycles. The molecular formula is C41H47HfN2O+. The van der Waals surface area contributed by atoms with Gasteiger partial charge in [0.05, 0.1) is 0 Å². The summed E-state index contributed by atoms with van der Waals surface area (Å²) in [6.07, 6.45) is 0. The molecule has 0 bridgehead atoms. The average molecular weight is 762 g/mol. The van der Waals surface area contributed by atoms with Crippen molar-refractivity contribution in [1.29, 1.82) is 0 Å². The van der Waals surface area contributed by atoms with Crippen molar-refractivity contribution in [1.82, 2.24) is 4.90 Å². The van der Waals surface area contributed by atoms with E-state index in [0.717, 1.165) is 47.6 Å². The molecule has 0 amide bonds.